The first-order valence-electron chi connectivity index (χ1n) is 8.22. The van der Waals surface area contributed by atoms with E-state index in [0.717, 1.165) is 22.0 Å². The van der Waals surface area contributed by atoms with Crippen LogP contribution in [0, 0.1) is 5.92 Å². The zero-order valence-corrected chi connectivity index (χ0v) is 13.4. The third-order valence-electron chi connectivity index (χ3n) is 5.11. The molecule has 1 fully saturated rings. The Morgan fingerprint density at radius 1 is 1.12 bits per heavy atom. The van der Waals surface area contributed by atoms with Crippen molar-refractivity contribution < 1.29 is 14.4 Å². The van der Waals surface area contributed by atoms with Gasteiger partial charge in [-0.15, -0.1) is 0 Å². The molecule has 2 atom stereocenters. The van der Waals surface area contributed by atoms with Crippen LogP contribution in [0.5, 0.6) is 0 Å². The first kappa shape index (κ1) is 14.9. The second-order valence-corrected chi connectivity index (χ2v) is 6.53. The standard InChI is InChI=1S/C19H18N2O3/c1-11(14-8-9-16(22)20-19(14)24)21-15-7-3-5-12-4-2-6-13(18(12)15)10-17(21)23/h2-7,11,14H,8-10H2,1H3,(H,20,22,24). The Morgan fingerprint density at radius 3 is 2.62 bits per heavy atom. The van der Waals surface area contributed by atoms with Crippen molar-refractivity contribution in [1.82, 2.24) is 5.32 Å². The number of amides is 3. The highest BCUT2D eigenvalue weighted by atomic mass is 16.2. The molecule has 0 aromatic heterocycles. The fraction of sp³-hybridized carbons (Fsp3) is 0.316. The number of nitrogens with one attached hydrogen (secondary N) is 1. The van der Waals surface area contributed by atoms with Gasteiger partial charge in [-0.3, -0.25) is 19.7 Å². The minimum Gasteiger partial charge on any atom is -0.308 e. The summed E-state index contributed by atoms with van der Waals surface area (Å²) in [7, 11) is 0. The van der Waals surface area contributed by atoms with E-state index >= 15 is 0 Å². The predicted octanol–water partition coefficient (Wildman–Crippen LogP) is 2.17. The highest BCUT2D eigenvalue weighted by molar-refractivity contribution is 6.11. The number of imide groups is 1. The van der Waals surface area contributed by atoms with Crippen LogP contribution < -0.4 is 10.2 Å². The molecule has 0 saturated carbocycles. The summed E-state index contributed by atoms with van der Waals surface area (Å²) in [5.41, 5.74) is 1.89. The van der Waals surface area contributed by atoms with Gasteiger partial charge in [-0.1, -0.05) is 30.3 Å². The Kier molecular flexibility index (Phi) is 3.37. The van der Waals surface area contributed by atoms with Gasteiger partial charge in [-0.25, -0.2) is 0 Å². The van der Waals surface area contributed by atoms with Gasteiger partial charge in [-0.2, -0.15) is 0 Å². The van der Waals surface area contributed by atoms with E-state index in [-0.39, 0.29) is 29.7 Å². The van der Waals surface area contributed by atoms with E-state index in [1.165, 1.54) is 0 Å². The van der Waals surface area contributed by atoms with Crippen molar-refractivity contribution in [2.24, 2.45) is 5.92 Å². The molecule has 5 nitrogen and oxygen atoms in total. The average Bonchev–Trinajstić information content (AvgIpc) is 2.55. The molecule has 122 valence electrons. The van der Waals surface area contributed by atoms with Gasteiger partial charge in [0.25, 0.3) is 0 Å². The Balaban J connectivity index is 1.78. The second-order valence-electron chi connectivity index (χ2n) is 6.53. The number of rotatable bonds is 2. The van der Waals surface area contributed by atoms with Crippen LogP contribution in [0.3, 0.4) is 0 Å². The van der Waals surface area contributed by atoms with Gasteiger partial charge in [0.05, 0.1) is 18.0 Å². The Labute approximate surface area is 139 Å². The molecule has 1 saturated heterocycles. The van der Waals surface area contributed by atoms with Crippen molar-refractivity contribution in [2.45, 2.75) is 32.2 Å². The van der Waals surface area contributed by atoms with Gasteiger partial charge in [0.1, 0.15) is 0 Å². The van der Waals surface area contributed by atoms with E-state index in [1.807, 2.05) is 43.3 Å². The van der Waals surface area contributed by atoms with Gasteiger partial charge in [0.2, 0.25) is 17.7 Å². The first-order valence-corrected chi connectivity index (χ1v) is 8.22. The summed E-state index contributed by atoms with van der Waals surface area (Å²) in [6.45, 7) is 1.89. The lowest BCUT2D eigenvalue weighted by Crippen LogP contribution is -2.52. The van der Waals surface area contributed by atoms with Gasteiger partial charge in [0, 0.05) is 17.8 Å². The van der Waals surface area contributed by atoms with Crippen molar-refractivity contribution in [1.29, 1.82) is 0 Å². The molecule has 2 aliphatic rings. The average molecular weight is 322 g/mol. The molecule has 4 rings (SSSR count). The number of benzene rings is 2. The van der Waals surface area contributed by atoms with E-state index in [0.29, 0.717) is 19.3 Å². The van der Waals surface area contributed by atoms with Gasteiger partial charge < -0.3 is 4.90 Å². The SMILES string of the molecule is CC(C1CCC(=O)NC1=O)N1C(=O)Cc2cccc3cccc1c23. The summed E-state index contributed by atoms with van der Waals surface area (Å²) >= 11 is 0. The number of carbonyl (C=O) groups excluding carboxylic acids is 3. The van der Waals surface area contributed by atoms with Crippen LogP contribution in [0.25, 0.3) is 10.8 Å². The zero-order valence-electron chi connectivity index (χ0n) is 13.4. The fourth-order valence-corrected chi connectivity index (χ4v) is 3.93. The fourth-order valence-electron chi connectivity index (χ4n) is 3.93. The number of hydrogen-bond donors (Lipinski definition) is 1. The molecule has 3 amide bonds. The topological polar surface area (TPSA) is 66.5 Å². The molecule has 2 aromatic carbocycles. The van der Waals surface area contributed by atoms with Crippen molar-refractivity contribution in [2.75, 3.05) is 4.90 Å². The monoisotopic (exact) mass is 322 g/mol. The molecule has 0 aliphatic carbocycles. The minimum absolute atomic E-state index is 0.00148. The molecule has 0 bridgehead atoms. The minimum atomic E-state index is -0.368. The molecular formula is C19H18N2O3. The van der Waals surface area contributed by atoms with Crippen LogP contribution in [0.4, 0.5) is 5.69 Å². The lowest BCUT2D eigenvalue weighted by atomic mass is 9.87. The van der Waals surface area contributed by atoms with Gasteiger partial charge in [-0.05, 0) is 30.4 Å². The van der Waals surface area contributed by atoms with Crippen molar-refractivity contribution in [3.05, 3.63) is 42.0 Å². The smallest absolute Gasteiger partial charge is 0.231 e. The Hall–Kier alpha value is -2.69. The summed E-state index contributed by atoms with van der Waals surface area (Å²) < 4.78 is 0. The van der Waals surface area contributed by atoms with E-state index in [9.17, 15) is 14.4 Å². The summed E-state index contributed by atoms with van der Waals surface area (Å²) in [6.07, 6.45) is 1.14. The summed E-state index contributed by atoms with van der Waals surface area (Å²) in [6, 6.07) is 11.6. The van der Waals surface area contributed by atoms with E-state index in [2.05, 4.69) is 5.32 Å². The molecule has 2 unspecified atom stereocenters. The van der Waals surface area contributed by atoms with Crippen LogP contribution in [0.2, 0.25) is 0 Å². The Morgan fingerprint density at radius 2 is 1.88 bits per heavy atom. The summed E-state index contributed by atoms with van der Waals surface area (Å²) in [5, 5.41) is 4.57. The number of piperidine rings is 1. The van der Waals surface area contributed by atoms with Crippen LogP contribution in [-0.2, 0) is 20.8 Å². The number of hydrogen-bond acceptors (Lipinski definition) is 3. The molecule has 2 heterocycles. The summed E-state index contributed by atoms with van der Waals surface area (Å²) in [4.78, 5) is 38.1. The van der Waals surface area contributed by atoms with Crippen LogP contribution in [0.15, 0.2) is 36.4 Å². The van der Waals surface area contributed by atoms with Gasteiger partial charge >= 0.3 is 0 Å². The Bertz CT molecular complexity index is 869. The third-order valence-corrected chi connectivity index (χ3v) is 5.11. The van der Waals surface area contributed by atoms with Crippen molar-refractivity contribution in [3.8, 4) is 0 Å². The third kappa shape index (κ3) is 2.19. The summed E-state index contributed by atoms with van der Waals surface area (Å²) in [5.74, 6) is -0.885. The number of anilines is 1. The zero-order chi connectivity index (χ0) is 16.8. The van der Waals surface area contributed by atoms with Crippen LogP contribution >= 0.6 is 0 Å². The van der Waals surface area contributed by atoms with Crippen LogP contribution in [-0.4, -0.2) is 23.8 Å². The second kappa shape index (κ2) is 5.44. The van der Waals surface area contributed by atoms with Crippen LogP contribution in [0.1, 0.15) is 25.3 Å². The molecule has 0 radical (unpaired) electrons. The maximum atomic E-state index is 12.8. The van der Waals surface area contributed by atoms with E-state index < -0.39 is 0 Å². The molecule has 2 aromatic rings. The largest absolute Gasteiger partial charge is 0.308 e. The number of nitrogens with zero attached hydrogens (tertiary/aromatic N) is 1. The predicted molar refractivity (Wildman–Crippen MR) is 90.5 cm³/mol. The lowest BCUT2D eigenvalue weighted by molar-refractivity contribution is -0.136. The number of carbonyl (C=O) groups is 3. The first-order chi connectivity index (χ1) is 11.6. The lowest BCUT2D eigenvalue weighted by Gasteiger charge is -2.38. The highest BCUT2D eigenvalue weighted by Gasteiger charge is 2.38. The molecule has 1 N–H and O–H groups in total. The van der Waals surface area contributed by atoms with Crippen molar-refractivity contribution >= 4 is 34.2 Å². The van der Waals surface area contributed by atoms with E-state index in [4.69, 9.17) is 0 Å². The quantitative estimate of drug-likeness (QED) is 0.862. The maximum Gasteiger partial charge on any atom is 0.231 e. The molecule has 2 aliphatic heterocycles. The van der Waals surface area contributed by atoms with Gasteiger partial charge in [0.15, 0.2) is 0 Å². The maximum absolute atomic E-state index is 12.8. The molecule has 24 heavy (non-hydrogen) atoms. The van der Waals surface area contributed by atoms with Crippen molar-refractivity contribution in [3.63, 3.8) is 0 Å². The molecular weight excluding hydrogens is 304 g/mol. The normalized spacial score (nSPS) is 21.8. The molecule has 5 heteroatoms. The van der Waals surface area contributed by atoms with E-state index in [1.54, 1.807) is 4.90 Å². The molecule has 0 spiro atoms. The highest BCUT2D eigenvalue weighted by Crippen LogP contribution is 2.37.